The number of rotatable bonds is 8. The molecule has 278 valence electrons. The van der Waals surface area contributed by atoms with Crippen LogP contribution in [-0.2, 0) is 0 Å². The smallest absolute Gasteiger partial charge is 0.0540 e. The Bertz CT molecular complexity index is 2860. The van der Waals surface area contributed by atoms with Crippen molar-refractivity contribution in [1.29, 1.82) is 0 Å². The van der Waals surface area contributed by atoms with Gasteiger partial charge < -0.3 is 9.80 Å². The quantitative estimate of drug-likeness (QED) is 0.143. The molecule has 10 aromatic carbocycles. The molecule has 0 heterocycles. The van der Waals surface area contributed by atoms with Crippen molar-refractivity contribution >= 4 is 66.4 Å². The Morgan fingerprint density at radius 1 is 0.293 bits per heavy atom. The van der Waals surface area contributed by atoms with E-state index in [-0.39, 0.29) is 0 Å². The third kappa shape index (κ3) is 6.15. The topological polar surface area (TPSA) is 6.48 Å². The van der Waals surface area contributed by atoms with E-state index >= 15 is 0 Å². The summed E-state index contributed by atoms with van der Waals surface area (Å²) < 4.78 is 0. The van der Waals surface area contributed by atoms with Crippen LogP contribution in [0.1, 0.15) is 22.3 Å². The molecule has 0 aromatic heterocycles. The van der Waals surface area contributed by atoms with Crippen molar-refractivity contribution in [3.63, 3.8) is 0 Å². The predicted octanol–water partition coefficient (Wildman–Crippen LogP) is 16.1. The molecule has 10 aromatic rings. The van der Waals surface area contributed by atoms with Crippen LogP contribution < -0.4 is 9.80 Å². The molecule has 0 aliphatic carbocycles. The summed E-state index contributed by atoms with van der Waals surface area (Å²) in [6, 6.07) is 71.4. The van der Waals surface area contributed by atoms with Crippen molar-refractivity contribution in [2.45, 2.75) is 27.7 Å². The van der Waals surface area contributed by atoms with Gasteiger partial charge in [-0.05, 0) is 143 Å². The Kier molecular flexibility index (Phi) is 8.76. The molecule has 0 unspecified atom stereocenters. The zero-order valence-electron chi connectivity index (χ0n) is 33.4. The fraction of sp³-hybridized carbons (Fsp3) is 0.0714. The number of anilines is 6. The van der Waals surface area contributed by atoms with Crippen molar-refractivity contribution in [3.05, 3.63) is 216 Å². The highest BCUT2D eigenvalue weighted by Crippen LogP contribution is 2.48. The highest BCUT2D eigenvalue weighted by Gasteiger charge is 2.23. The Morgan fingerprint density at radius 2 is 0.655 bits per heavy atom. The van der Waals surface area contributed by atoms with Gasteiger partial charge >= 0.3 is 0 Å². The maximum atomic E-state index is 2.45. The molecule has 0 amide bonds. The second kappa shape index (κ2) is 14.4. The summed E-state index contributed by atoms with van der Waals surface area (Å²) in [7, 11) is 0. The number of aryl methyl sites for hydroxylation is 4. The summed E-state index contributed by atoms with van der Waals surface area (Å²) in [5.74, 6) is 0. The van der Waals surface area contributed by atoms with E-state index in [0.717, 1.165) is 22.7 Å². The zero-order chi connectivity index (χ0) is 39.3. The van der Waals surface area contributed by atoms with Crippen LogP contribution in [0.4, 0.5) is 34.1 Å². The lowest BCUT2D eigenvalue weighted by Crippen LogP contribution is -2.13. The van der Waals surface area contributed by atoms with E-state index in [1.54, 1.807) is 0 Å². The molecule has 58 heavy (non-hydrogen) atoms. The third-order valence-corrected chi connectivity index (χ3v) is 11.8. The van der Waals surface area contributed by atoms with Gasteiger partial charge in [-0.1, -0.05) is 145 Å². The third-order valence-electron chi connectivity index (χ3n) is 11.8. The van der Waals surface area contributed by atoms with E-state index in [9.17, 15) is 0 Å². The van der Waals surface area contributed by atoms with Gasteiger partial charge in [0.25, 0.3) is 0 Å². The molecule has 10 rings (SSSR count). The van der Waals surface area contributed by atoms with Crippen LogP contribution >= 0.6 is 0 Å². The van der Waals surface area contributed by atoms with Gasteiger partial charge in [0, 0.05) is 33.5 Å². The summed E-state index contributed by atoms with van der Waals surface area (Å²) in [6.45, 7) is 8.78. The van der Waals surface area contributed by atoms with Gasteiger partial charge in [-0.25, -0.2) is 0 Å². The van der Waals surface area contributed by atoms with Gasteiger partial charge in [0.05, 0.1) is 11.4 Å². The zero-order valence-corrected chi connectivity index (χ0v) is 33.4. The number of nitrogens with zero attached hydrogens (tertiary/aromatic N) is 2. The first-order valence-electron chi connectivity index (χ1n) is 20.2. The minimum atomic E-state index is 1.14. The van der Waals surface area contributed by atoms with Gasteiger partial charge in [-0.2, -0.15) is 0 Å². The van der Waals surface area contributed by atoms with E-state index in [0.29, 0.717) is 0 Å². The van der Waals surface area contributed by atoms with Crippen molar-refractivity contribution < 1.29 is 0 Å². The average molecular weight is 745 g/mol. The summed E-state index contributed by atoms with van der Waals surface area (Å²) in [5, 5.41) is 7.49. The Balaban J connectivity index is 1.18. The number of benzene rings is 10. The lowest BCUT2D eigenvalue weighted by atomic mass is 9.91. The molecule has 2 nitrogen and oxygen atoms in total. The Labute approximate surface area is 341 Å². The highest BCUT2D eigenvalue weighted by atomic mass is 15.2. The average Bonchev–Trinajstić information content (AvgIpc) is 3.26. The Hall–Kier alpha value is -7.16. The van der Waals surface area contributed by atoms with E-state index in [1.165, 1.54) is 88.2 Å². The van der Waals surface area contributed by atoms with Gasteiger partial charge in [0.15, 0.2) is 0 Å². The summed E-state index contributed by atoms with van der Waals surface area (Å²) >= 11 is 0. The lowest BCUT2D eigenvalue weighted by Gasteiger charge is -2.31. The van der Waals surface area contributed by atoms with Crippen LogP contribution in [0.2, 0.25) is 0 Å². The molecule has 0 bridgehead atoms. The molecule has 0 fully saturated rings. The molecule has 0 saturated heterocycles. The monoisotopic (exact) mass is 744 g/mol. The SMILES string of the molecule is Cc1ccc(N(c2ccc(-c3ccccc3)cc2C)c2ccc3ccc4c(N(c5ccc(C)cc5)c5ccc(-c6ccccc6)cc5C)ccc5ccc2c3c54)cc1. The van der Waals surface area contributed by atoms with E-state index in [1.807, 2.05) is 0 Å². The van der Waals surface area contributed by atoms with Crippen molar-refractivity contribution in [2.75, 3.05) is 9.80 Å². The largest absolute Gasteiger partial charge is 0.310 e. The fourth-order valence-electron chi connectivity index (χ4n) is 8.80. The molecule has 0 saturated carbocycles. The van der Waals surface area contributed by atoms with Crippen LogP contribution in [0, 0.1) is 27.7 Å². The summed E-state index contributed by atoms with van der Waals surface area (Å²) in [4.78, 5) is 4.90. The molecule has 0 atom stereocenters. The van der Waals surface area contributed by atoms with E-state index in [4.69, 9.17) is 0 Å². The van der Waals surface area contributed by atoms with Crippen LogP contribution in [-0.4, -0.2) is 0 Å². The maximum absolute atomic E-state index is 2.45. The summed E-state index contributed by atoms with van der Waals surface area (Å²) in [5.41, 5.74) is 16.7. The molecule has 0 N–H and O–H groups in total. The standard InChI is InChI=1S/C56H44N2/c1-37-15-25-47(26-16-37)57(51-31-23-45(35-39(51)3)41-11-7-5-8-12-41)53-33-21-43-20-30-50-54(34-22-44-19-29-49(53)55(43)56(44)50)58(48-27-17-38(2)18-28-48)52-32-24-46(36-40(52)4)42-13-9-6-10-14-42/h5-36H,1-4H3. The molecular weight excluding hydrogens is 701 g/mol. The molecule has 2 heteroatoms. The molecule has 0 spiro atoms. The lowest BCUT2D eigenvalue weighted by molar-refractivity contribution is 1.25. The van der Waals surface area contributed by atoms with E-state index < -0.39 is 0 Å². The second-order valence-electron chi connectivity index (χ2n) is 15.7. The van der Waals surface area contributed by atoms with Crippen molar-refractivity contribution in [2.24, 2.45) is 0 Å². The molecule has 0 aliphatic rings. The van der Waals surface area contributed by atoms with Gasteiger partial charge in [0.2, 0.25) is 0 Å². The molecule has 0 radical (unpaired) electrons. The van der Waals surface area contributed by atoms with Crippen LogP contribution in [0.3, 0.4) is 0 Å². The first-order chi connectivity index (χ1) is 28.4. The van der Waals surface area contributed by atoms with Crippen LogP contribution in [0.25, 0.3) is 54.6 Å². The minimum Gasteiger partial charge on any atom is -0.310 e. The van der Waals surface area contributed by atoms with Gasteiger partial charge in [-0.3, -0.25) is 0 Å². The maximum Gasteiger partial charge on any atom is 0.0540 e. The fourth-order valence-corrected chi connectivity index (χ4v) is 8.80. The number of hydrogen-bond acceptors (Lipinski definition) is 2. The van der Waals surface area contributed by atoms with Gasteiger partial charge in [0.1, 0.15) is 0 Å². The Morgan fingerprint density at radius 3 is 1.03 bits per heavy atom. The number of hydrogen-bond donors (Lipinski definition) is 0. The predicted molar refractivity (Wildman–Crippen MR) is 249 cm³/mol. The van der Waals surface area contributed by atoms with Crippen LogP contribution in [0.5, 0.6) is 0 Å². The van der Waals surface area contributed by atoms with Crippen LogP contribution in [0.15, 0.2) is 194 Å². The minimum absolute atomic E-state index is 1.14. The highest BCUT2D eigenvalue weighted by molar-refractivity contribution is 6.28. The summed E-state index contributed by atoms with van der Waals surface area (Å²) in [6.07, 6.45) is 0. The molecular formula is C56H44N2. The van der Waals surface area contributed by atoms with E-state index in [2.05, 4.69) is 232 Å². The normalized spacial score (nSPS) is 11.4. The second-order valence-corrected chi connectivity index (χ2v) is 15.7. The first kappa shape index (κ1) is 35.3. The first-order valence-corrected chi connectivity index (χ1v) is 20.2. The van der Waals surface area contributed by atoms with Gasteiger partial charge in [-0.15, -0.1) is 0 Å². The van der Waals surface area contributed by atoms with Crippen molar-refractivity contribution in [1.82, 2.24) is 0 Å². The van der Waals surface area contributed by atoms with Crippen molar-refractivity contribution in [3.8, 4) is 22.3 Å². The molecule has 0 aliphatic heterocycles.